The topological polar surface area (TPSA) is 63.1 Å². The van der Waals surface area contributed by atoms with Crippen molar-refractivity contribution in [2.24, 2.45) is 0 Å². The number of hydrogen-bond donors (Lipinski definition) is 1. The van der Waals surface area contributed by atoms with E-state index >= 15 is 0 Å². The zero-order chi connectivity index (χ0) is 22.2. The van der Waals surface area contributed by atoms with Gasteiger partial charge in [0.1, 0.15) is 0 Å². The first kappa shape index (κ1) is 22.9. The molecule has 0 saturated carbocycles. The van der Waals surface area contributed by atoms with E-state index in [1.165, 1.54) is 22.9 Å². The molecule has 3 rings (SSSR count). The SMILES string of the molecule is CC(C)n1c(SCC(=O)NCCC(c2ccccc2)c2ccccc2)nnc1N(C)C. The number of nitrogens with zero attached hydrogens (tertiary/aromatic N) is 4. The van der Waals surface area contributed by atoms with E-state index in [2.05, 4.69) is 82.5 Å². The van der Waals surface area contributed by atoms with E-state index < -0.39 is 0 Å². The maximum absolute atomic E-state index is 12.5. The predicted octanol–water partition coefficient (Wildman–Crippen LogP) is 4.36. The molecule has 1 aromatic heterocycles. The second-order valence-electron chi connectivity index (χ2n) is 7.94. The van der Waals surface area contributed by atoms with Crippen molar-refractivity contribution in [3.05, 3.63) is 71.8 Å². The van der Waals surface area contributed by atoms with Crippen LogP contribution in [-0.2, 0) is 4.79 Å². The van der Waals surface area contributed by atoms with Crippen molar-refractivity contribution >= 4 is 23.6 Å². The number of benzene rings is 2. The average Bonchev–Trinajstić information content (AvgIpc) is 3.21. The lowest BCUT2D eigenvalue weighted by molar-refractivity contribution is -0.118. The largest absolute Gasteiger partial charge is 0.355 e. The Morgan fingerprint density at radius 2 is 1.58 bits per heavy atom. The van der Waals surface area contributed by atoms with Crippen LogP contribution < -0.4 is 10.2 Å². The molecule has 0 aliphatic carbocycles. The number of anilines is 1. The molecular weight excluding hydrogens is 406 g/mol. The summed E-state index contributed by atoms with van der Waals surface area (Å²) in [7, 11) is 3.89. The van der Waals surface area contributed by atoms with E-state index in [4.69, 9.17) is 0 Å². The summed E-state index contributed by atoms with van der Waals surface area (Å²) >= 11 is 1.42. The molecule has 6 nitrogen and oxygen atoms in total. The van der Waals surface area contributed by atoms with Gasteiger partial charge < -0.3 is 10.2 Å². The number of carbonyl (C=O) groups excluding carboxylic acids is 1. The monoisotopic (exact) mass is 437 g/mol. The lowest BCUT2D eigenvalue weighted by Gasteiger charge is -2.19. The highest BCUT2D eigenvalue weighted by atomic mass is 32.2. The van der Waals surface area contributed by atoms with Gasteiger partial charge in [-0.2, -0.15) is 0 Å². The third-order valence-corrected chi connectivity index (χ3v) is 6.00. The Balaban J connectivity index is 1.57. The molecule has 3 aromatic rings. The predicted molar refractivity (Wildman–Crippen MR) is 128 cm³/mol. The van der Waals surface area contributed by atoms with Gasteiger partial charge in [-0.1, -0.05) is 72.4 Å². The third kappa shape index (κ3) is 6.10. The zero-order valence-electron chi connectivity index (χ0n) is 18.7. The van der Waals surface area contributed by atoms with Crippen molar-refractivity contribution in [1.29, 1.82) is 0 Å². The normalized spacial score (nSPS) is 11.2. The van der Waals surface area contributed by atoms with Crippen LogP contribution in [0.2, 0.25) is 0 Å². The van der Waals surface area contributed by atoms with Crippen LogP contribution in [-0.4, -0.2) is 47.1 Å². The summed E-state index contributed by atoms with van der Waals surface area (Å²) in [6.45, 7) is 4.80. The number of thioether (sulfide) groups is 1. The molecule has 1 heterocycles. The average molecular weight is 438 g/mol. The quantitative estimate of drug-likeness (QED) is 0.478. The molecule has 0 fully saturated rings. The van der Waals surface area contributed by atoms with Crippen molar-refractivity contribution in [3.63, 3.8) is 0 Å². The Kier molecular flexibility index (Phi) is 8.12. The molecule has 0 spiro atoms. The van der Waals surface area contributed by atoms with Crippen LogP contribution in [0.1, 0.15) is 43.4 Å². The lowest BCUT2D eigenvalue weighted by atomic mass is 9.88. The standard InChI is InChI=1S/C24H31N5OS/c1-18(2)29-23(28(3)4)26-27-24(29)31-17-22(30)25-16-15-21(19-11-7-5-8-12-19)20-13-9-6-10-14-20/h5-14,18,21H,15-17H2,1-4H3,(H,25,30). The minimum absolute atomic E-state index is 0.00887. The van der Waals surface area contributed by atoms with Crippen LogP contribution in [0.15, 0.2) is 65.8 Å². The van der Waals surface area contributed by atoms with Crippen molar-refractivity contribution in [3.8, 4) is 0 Å². The molecule has 2 aromatic carbocycles. The molecule has 31 heavy (non-hydrogen) atoms. The third-order valence-electron chi connectivity index (χ3n) is 5.05. The maximum atomic E-state index is 12.5. The number of nitrogens with one attached hydrogen (secondary N) is 1. The van der Waals surface area contributed by atoms with Gasteiger partial charge >= 0.3 is 0 Å². The van der Waals surface area contributed by atoms with Gasteiger partial charge in [0.2, 0.25) is 11.9 Å². The summed E-state index contributed by atoms with van der Waals surface area (Å²) in [5, 5.41) is 12.4. The van der Waals surface area contributed by atoms with E-state index in [1.54, 1.807) is 0 Å². The van der Waals surface area contributed by atoms with E-state index in [-0.39, 0.29) is 17.9 Å². The molecule has 0 bridgehead atoms. The second-order valence-corrected chi connectivity index (χ2v) is 8.88. The molecule has 1 N–H and O–H groups in total. The van der Waals surface area contributed by atoms with Gasteiger partial charge in [-0.3, -0.25) is 9.36 Å². The summed E-state index contributed by atoms with van der Waals surface area (Å²) < 4.78 is 2.05. The Hall–Kier alpha value is -2.80. The first-order chi connectivity index (χ1) is 15.0. The van der Waals surface area contributed by atoms with Gasteiger partial charge in [0.15, 0.2) is 5.16 Å². The molecule has 0 aliphatic heterocycles. The molecule has 0 atom stereocenters. The van der Waals surface area contributed by atoms with E-state index in [0.717, 1.165) is 17.5 Å². The van der Waals surface area contributed by atoms with E-state index in [0.29, 0.717) is 12.3 Å². The zero-order valence-corrected chi connectivity index (χ0v) is 19.5. The Bertz CT molecular complexity index is 917. The molecule has 7 heteroatoms. The van der Waals surface area contributed by atoms with Crippen molar-refractivity contribution in [2.45, 2.75) is 37.4 Å². The van der Waals surface area contributed by atoms with Crippen LogP contribution in [0.4, 0.5) is 5.95 Å². The van der Waals surface area contributed by atoms with Crippen molar-refractivity contribution < 1.29 is 4.79 Å². The fraction of sp³-hybridized carbons (Fsp3) is 0.375. The van der Waals surface area contributed by atoms with Crippen LogP contribution in [0.5, 0.6) is 0 Å². The van der Waals surface area contributed by atoms with Gasteiger partial charge in [-0.25, -0.2) is 0 Å². The smallest absolute Gasteiger partial charge is 0.230 e. The summed E-state index contributed by atoms with van der Waals surface area (Å²) in [5.74, 6) is 1.38. The number of aromatic nitrogens is 3. The molecule has 0 saturated heterocycles. The van der Waals surface area contributed by atoms with Crippen molar-refractivity contribution in [1.82, 2.24) is 20.1 Å². The molecule has 164 valence electrons. The second kappa shape index (κ2) is 11.0. The lowest BCUT2D eigenvalue weighted by Crippen LogP contribution is -2.27. The summed E-state index contributed by atoms with van der Waals surface area (Å²) in [6, 6.07) is 21.1. The van der Waals surface area contributed by atoms with Gasteiger partial charge in [-0.15, -0.1) is 10.2 Å². The van der Waals surface area contributed by atoms with Gasteiger partial charge in [-0.05, 0) is 31.4 Å². The Morgan fingerprint density at radius 3 is 2.10 bits per heavy atom. The van der Waals surface area contributed by atoms with Crippen LogP contribution in [0.25, 0.3) is 0 Å². The Labute approximate surface area is 189 Å². The fourth-order valence-corrected chi connectivity index (χ4v) is 4.45. The molecule has 0 radical (unpaired) electrons. The van der Waals surface area contributed by atoms with Crippen LogP contribution >= 0.6 is 11.8 Å². The highest BCUT2D eigenvalue weighted by molar-refractivity contribution is 7.99. The molecule has 0 aliphatic rings. The number of amides is 1. The minimum Gasteiger partial charge on any atom is -0.355 e. The molecule has 1 amide bonds. The Morgan fingerprint density at radius 1 is 1.00 bits per heavy atom. The molecule has 0 unspecified atom stereocenters. The summed E-state index contributed by atoms with van der Waals surface area (Å²) in [5.41, 5.74) is 2.53. The highest BCUT2D eigenvalue weighted by Crippen LogP contribution is 2.28. The van der Waals surface area contributed by atoms with Crippen LogP contribution in [0.3, 0.4) is 0 Å². The van der Waals surface area contributed by atoms with E-state index in [9.17, 15) is 4.79 Å². The van der Waals surface area contributed by atoms with Gasteiger partial charge in [0.05, 0.1) is 5.75 Å². The number of hydrogen-bond acceptors (Lipinski definition) is 5. The van der Waals surface area contributed by atoms with Crippen molar-refractivity contribution in [2.75, 3.05) is 31.3 Å². The van der Waals surface area contributed by atoms with Crippen LogP contribution in [0, 0.1) is 0 Å². The first-order valence-electron chi connectivity index (χ1n) is 10.6. The highest BCUT2D eigenvalue weighted by Gasteiger charge is 2.18. The number of carbonyl (C=O) groups is 1. The van der Waals surface area contributed by atoms with E-state index in [1.807, 2.05) is 31.1 Å². The number of rotatable bonds is 10. The first-order valence-corrected chi connectivity index (χ1v) is 11.6. The fourth-order valence-electron chi connectivity index (χ4n) is 3.56. The van der Waals surface area contributed by atoms with Gasteiger partial charge in [0.25, 0.3) is 0 Å². The maximum Gasteiger partial charge on any atom is 0.230 e. The van der Waals surface area contributed by atoms with Gasteiger partial charge in [0, 0.05) is 32.6 Å². The summed E-state index contributed by atoms with van der Waals surface area (Å²) in [4.78, 5) is 14.4. The minimum atomic E-state index is 0.00887. The molecular formula is C24H31N5OS. The summed E-state index contributed by atoms with van der Waals surface area (Å²) in [6.07, 6.45) is 0.845.